The average molecular weight is 275 g/mol. The van der Waals surface area contributed by atoms with Crippen molar-refractivity contribution in [2.24, 2.45) is 5.73 Å². The molecule has 5 nitrogen and oxygen atoms in total. The molecule has 0 aromatic heterocycles. The number of aliphatic hydroxyl groups is 1. The van der Waals surface area contributed by atoms with E-state index in [1.54, 1.807) is 6.07 Å². The highest BCUT2D eigenvalue weighted by Gasteiger charge is 2.68. The molecule has 0 amide bonds. The average Bonchev–Trinajstić information content (AvgIpc) is 2.74. The van der Waals surface area contributed by atoms with Crippen LogP contribution in [0.4, 0.5) is 0 Å². The molecule has 4 rings (SSSR count). The molecule has 1 fully saturated rings. The molecule has 1 aromatic rings. The van der Waals surface area contributed by atoms with Gasteiger partial charge in [0.1, 0.15) is 0 Å². The van der Waals surface area contributed by atoms with E-state index >= 15 is 0 Å². The summed E-state index contributed by atoms with van der Waals surface area (Å²) in [7, 11) is 0. The maximum absolute atomic E-state index is 12.2. The Kier molecular flexibility index (Phi) is 2.04. The van der Waals surface area contributed by atoms with Crippen LogP contribution >= 0.6 is 0 Å². The first-order valence-electron chi connectivity index (χ1n) is 6.92. The van der Waals surface area contributed by atoms with Crippen molar-refractivity contribution in [1.82, 2.24) is 0 Å². The van der Waals surface area contributed by atoms with E-state index in [0.717, 1.165) is 11.1 Å². The van der Waals surface area contributed by atoms with E-state index < -0.39 is 23.2 Å². The minimum atomic E-state index is -1.17. The summed E-state index contributed by atoms with van der Waals surface area (Å²) in [5, 5.41) is 21.2. The first-order chi connectivity index (χ1) is 9.39. The van der Waals surface area contributed by atoms with Crippen molar-refractivity contribution in [3.8, 4) is 11.5 Å². The van der Waals surface area contributed by atoms with Gasteiger partial charge in [-0.15, -0.1) is 0 Å². The molecule has 2 aliphatic carbocycles. The van der Waals surface area contributed by atoms with Crippen LogP contribution in [0.15, 0.2) is 12.1 Å². The number of benzene rings is 1. The van der Waals surface area contributed by atoms with Crippen molar-refractivity contribution < 1.29 is 19.7 Å². The molecule has 0 bridgehead atoms. The molecule has 4 N–H and O–H groups in total. The minimum absolute atomic E-state index is 0.0185. The molecule has 1 aromatic carbocycles. The molecule has 0 unspecified atom stereocenters. The summed E-state index contributed by atoms with van der Waals surface area (Å²) >= 11 is 0. The molecule has 20 heavy (non-hydrogen) atoms. The number of ketones is 1. The van der Waals surface area contributed by atoms with Gasteiger partial charge in [-0.25, -0.2) is 0 Å². The first kappa shape index (κ1) is 12.2. The number of carbonyl (C=O) groups is 1. The molecule has 0 saturated heterocycles. The summed E-state index contributed by atoms with van der Waals surface area (Å²) < 4.78 is 5.75. The fraction of sp³-hybridized carbons (Fsp3) is 0.533. The van der Waals surface area contributed by atoms with Gasteiger partial charge in [0.05, 0.1) is 11.0 Å². The molecule has 1 saturated carbocycles. The molecule has 0 spiro atoms. The molecule has 3 aliphatic rings. The summed E-state index contributed by atoms with van der Waals surface area (Å²) in [5.41, 5.74) is 5.89. The van der Waals surface area contributed by atoms with Crippen LogP contribution in [-0.2, 0) is 16.6 Å². The van der Waals surface area contributed by atoms with Crippen LogP contribution in [0.5, 0.6) is 11.5 Å². The Morgan fingerprint density at radius 3 is 2.95 bits per heavy atom. The quantitative estimate of drug-likeness (QED) is 0.637. The van der Waals surface area contributed by atoms with Crippen LogP contribution in [0.2, 0.25) is 0 Å². The number of hydrogen-bond acceptors (Lipinski definition) is 5. The van der Waals surface area contributed by atoms with Gasteiger partial charge in [-0.2, -0.15) is 0 Å². The maximum atomic E-state index is 12.2. The number of Topliss-reactive ketones (excluding diaryl/α,β-unsaturated/α-hetero) is 1. The third-order valence-corrected chi connectivity index (χ3v) is 5.50. The number of aromatic hydroxyl groups is 1. The van der Waals surface area contributed by atoms with Crippen molar-refractivity contribution >= 4 is 5.78 Å². The summed E-state index contributed by atoms with van der Waals surface area (Å²) in [6, 6.07) is 2.94. The van der Waals surface area contributed by atoms with E-state index in [4.69, 9.17) is 10.5 Å². The number of phenolic OH excluding ortho intramolecular Hbond substituents is 1. The number of phenols is 1. The number of rotatable bonds is 0. The van der Waals surface area contributed by atoms with Crippen LogP contribution in [-0.4, -0.2) is 33.7 Å². The number of carbonyl (C=O) groups excluding carboxylic acids is 1. The molecular weight excluding hydrogens is 258 g/mol. The third-order valence-electron chi connectivity index (χ3n) is 5.50. The van der Waals surface area contributed by atoms with Crippen LogP contribution in [0.25, 0.3) is 0 Å². The third kappa shape index (κ3) is 1.07. The fourth-order valence-electron chi connectivity index (χ4n) is 4.35. The second kappa shape index (κ2) is 3.35. The lowest BCUT2D eigenvalue weighted by Crippen LogP contribution is -2.70. The molecule has 1 heterocycles. The highest BCUT2D eigenvalue weighted by atomic mass is 16.5. The standard InChI is InChI=1S/C15H17NO4/c1-14-11-7-2-3-8(17)12(11)20-13(14)9(18)4-5-15(14,19)10(16)6-7/h2-3,10,13,17,19H,4-6,16H2,1H3/t10-,13+,14+,15-/m0/s1. The topological polar surface area (TPSA) is 92.8 Å². The predicted molar refractivity (Wildman–Crippen MR) is 70.7 cm³/mol. The Hall–Kier alpha value is -1.59. The molecule has 1 aliphatic heterocycles. The lowest BCUT2D eigenvalue weighted by Gasteiger charge is -2.53. The number of hydrogen-bond donors (Lipinski definition) is 3. The van der Waals surface area contributed by atoms with Crippen molar-refractivity contribution in [1.29, 1.82) is 0 Å². The van der Waals surface area contributed by atoms with Gasteiger partial charge in [-0.05, 0) is 31.4 Å². The van der Waals surface area contributed by atoms with Gasteiger partial charge in [-0.3, -0.25) is 4.79 Å². The number of ether oxygens (including phenoxy) is 1. The minimum Gasteiger partial charge on any atom is -0.504 e. The Bertz CT molecular complexity index is 643. The summed E-state index contributed by atoms with van der Waals surface area (Å²) in [6.45, 7) is 1.84. The SMILES string of the molecule is C[C@@]12c3c4ccc(O)c3O[C@@H]1C(=O)CC[C@]2(O)[C@@H](N)C4. The smallest absolute Gasteiger partial charge is 0.174 e. The van der Waals surface area contributed by atoms with E-state index in [2.05, 4.69) is 0 Å². The van der Waals surface area contributed by atoms with Gasteiger partial charge in [0.2, 0.25) is 0 Å². The summed E-state index contributed by atoms with van der Waals surface area (Å²) in [5.74, 6) is 0.327. The highest BCUT2D eigenvalue weighted by Crippen LogP contribution is 2.60. The zero-order chi connectivity index (χ0) is 14.3. The second-order valence-electron chi connectivity index (χ2n) is 6.35. The molecule has 4 atom stereocenters. The number of nitrogens with two attached hydrogens (primary N) is 1. The van der Waals surface area contributed by atoms with Gasteiger partial charge in [0, 0.05) is 18.0 Å². The van der Waals surface area contributed by atoms with E-state index in [0.29, 0.717) is 18.6 Å². The Morgan fingerprint density at radius 1 is 1.45 bits per heavy atom. The van der Waals surface area contributed by atoms with E-state index in [9.17, 15) is 15.0 Å². The molecule has 0 radical (unpaired) electrons. The monoisotopic (exact) mass is 275 g/mol. The molecule has 106 valence electrons. The van der Waals surface area contributed by atoms with Crippen molar-refractivity contribution in [3.63, 3.8) is 0 Å². The normalized spacial score (nSPS) is 41.2. The zero-order valence-corrected chi connectivity index (χ0v) is 11.2. The van der Waals surface area contributed by atoms with Crippen molar-refractivity contribution in [2.45, 2.75) is 49.3 Å². The largest absolute Gasteiger partial charge is 0.504 e. The van der Waals surface area contributed by atoms with Gasteiger partial charge >= 0.3 is 0 Å². The van der Waals surface area contributed by atoms with Crippen LogP contribution < -0.4 is 10.5 Å². The van der Waals surface area contributed by atoms with Crippen LogP contribution in [0, 0.1) is 0 Å². The summed E-state index contributed by atoms with van der Waals surface area (Å²) in [4.78, 5) is 12.2. The van der Waals surface area contributed by atoms with Crippen molar-refractivity contribution in [2.75, 3.05) is 0 Å². The van der Waals surface area contributed by atoms with Gasteiger partial charge in [0.15, 0.2) is 23.4 Å². The second-order valence-corrected chi connectivity index (χ2v) is 6.35. The maximum Gasteiger partial charge on any atom is 0.174 e. The van der Waals surface area contributed by atoms with E-state index in [1.807, 2.05) is 13.0 Å². The fourth-order valence-corrected chi connectivity index (χ4v) is 4.35. The Balaban J connectivity index is 2.07. The lowest BCUT2D eigenvalue weighted by atomic mass is 9.53. The molecular formula is C15H17NO4. The van der Waals surface area contributed by atoms with Crippen molar-refractivity contribution in [3.05, 3.63) is 23.3 Å². The lowest BCUT2D eigenvalue weighted by molar-refractivity contribution is -0.152. The Morgan fingerprint density at radius 2 is 2.20 bits per heavy atom. The first-order valence-corrected chi connectivity index (χ1v) is 6.92. The van der Waals surface area contributed by atoms with E-state index in [1.165, 1.54) is 0 Å². The van der Waals surface area contributed by atoms with Gasteiger partial charge in [0.25, 0.3) is 0 Å². The van der Waals surface area contributed by atoms with Gasteiger partial charge in [-0.1, -0.05) is 6.07 Å². The van der Waals surface area contributed by atoms with E-state index in [-0.39, 0.29) is 18.0 Å². The van der Waals surface area contributed by atoms with Crippen LogP contribution in [0.3, 0.4) is 0 Å². The summed E-state index contributed by atoms with van der Waals surface area (Å²) in [6.07, 6.45) is 0.375. The highest BCUT2D eigenvalue weighted by molar-refractivity contribution is 5.89. The predicted octanol–water partition coefficient (Wildman–Crippen LogP) is 0.388. The van der Waals surface area contributed by atoms with Crippen LogP contribution in [0.1, 0.15) is 30.9 Å². The Labute approximate surface area is 116 Å². The van der Waals surface area contributed by atoms with Gasteiger partial charge < -0.3 is 20.7 Å². The molecule has 5 heteroatoms. The zero-order valence-electron chi connectivity index (χ0n) is 11.2.